The highest BCUT2D eigenvalue weighted by atomic mass is 16.5. The lowest BCUT2D eigenvalue weighted by Gasteiger charge is -2.19. The Balaban J connectivity index is 1.47. The normalized spacial score (nSPS) is 16.3. The van der Waals surface area contributed by atoms with E-state index in [-0.39, 0.29) is 11.9 Å². The molecule has 2 aromatic carbocycles. The molecular formula is C28H33N5O3. The van der Waals surface area contributed by atoms with Crippen molar-refractivity contribution in [3.8, 4) is 22.8 Å². The van der Waals surface area contributed by atoms with Crippen molar-refractivity contribution in [1.29, 1.82) is 0 Å². The van der Waals surface area contributed by atoms with Crippen LogP contribution in [0.3, 0.4) is 0 Å². The summed E-state index contributed by atoms with van der Waals surface area (Å²) in [7, 11) is 3.94. The van der Waals surface area contributed by atoms with Gasteiger partial charge in [-0.1, -0.05) is 24.3 Å². The van der Waals surface area contributed by atoms with Crippen LogP contribution in [0.5, 0.6) is 11.5 Å². The van der Waals surface area contributed by atoms with E-state index in [0.717, 1.165) is 37.1 Å². The highest BCUT2D eigenvalue weighted by Gasteiger charge is 2.24. The average molecular weight is 488 g/mol. The molecule has 2 amide bonds. The average Bonchev–Trinajstić information content (AvgIpc) is 3.16. The molecule has 2 heterocycles. The number of aromatic nitrogens is 2. The molecule has 8 heteroatoms. The molecule has 0 saturated carbocycles. The molecular weight excluding hydrogens is 454 g/mol. The van der Waals surface area contributed by atoms with Crippen molar-refractivity contribution in [1.82, 2.24) is 19.6 Å². The van der Waals surface area contributed by atoms with Crippen LogP contribution in [0, 0.1) is 0 Å². The van der Waals surface area contributed by atoms with E-state index in [9.17, 15) is 9.59 Å². The first kappa shape index (κ1) is 25.2. The third-order valence-corrected chi connectivity index (χ3v) is 6.22. The second-order valence-electron chi connectivity index (χ2n) is 9.25. The van der Waals surface area contributed by atoms with Gasteiger partial charge in [-0.05, 0) is 69.8 Å². The van der Waals surface area contributed by atoms with E-state index in [1.165, 1.54) is 0 Å². The number of benzene rings is 2. The van der Waals surface area contributed by atoms with E-state index in [1.54, 1.807) is 12.3 Å². The predicted molar refractivity (Wildman–Crippen MR) is 140 cm³/mol. The molecule has 1 aromatic heterocycles. The van der Waals surface area contributed by atoms with Crippen LogP contribution >= 0.6 is 0 Å². The molecule has 0 aliphatic carbocycles. The Morgan fingerprint density at radius 2 is 1.78 bits per heavy atom. The van der Waals surface area contributed by atoms with Gasteiger partial charge in [-0.2, -0.15) is 5.10 Å². The Bertz CT molecular complexity index is 1200. The first-order chi connectivity index (χ1) is 17.4. The van der Waals surface area contributed by atoms with Crippen molar-refractivity contribution in [3.05, 3.63) is 78.5 Å². The Labute approximate surface area is 211 Å². The number of likely N-dealkylation sites (N-methyl/N-ethyl adjacent to an activating group) is 1. The number of primary amides is 1. The highest BCUT2D eigenvalue weighted by molar-refractivity contribution is 5.98. The fourth-order valence-corrected chi connectivity index (χ4v) is 4.31. The highest BCUT2D eigenvalue weighted by Crippen LogP contribution is 2.30. The van der Waals surface area contributed by atoms with Gasteiger partial charge in [-0.3, -0.25) is 14.3 Å². The molecule has 1 aliphatic rings. The van der Waals surface area contributed by atoms with Crippen LogP contribution in [-0.2, 0) is 4.79 Å². The number of para-hydroxylation sites is 1. The summed E-state index contributed by atoms with van der Waals surface area (Å²) in [5.74, 6) is 0.964. The summed E-state index contributed by atoms with van der Waals surface area (Å²) >= 11 is 0. The zero-order chi connectivity index (χ0) is 25.5. The third-order valence-electron chi connectivity index (χ3n) is 6.22. The standard InChI is InChI=1S/C28H33N5O3/c1-31(2)17-7-11-26(34)32-18-6-8-22(16-19-32)33-20-25(28(29)35)27(30-33)21-12-14-24(15-13-21)36-23-9-4-3-5-10-23/h3-5,7,9-15,20,22H,6,8,16-19H2,1-2H3,(H2,29,35)/b11-7+/t22-/m0/s1. The molecule has 1 fully saturated rings. The molecule has 0 radical (unpaired) electrons. The Morgan fingerprint density at radius 3 is 2.47 bits per heavy atom. The molecule has 36 heavy (non-hydrogen) atoms. The summed E-state index contributed by atoms with van der Waals surface area (Å²) in [5, 5.41) is 4.77. The van der Waals surface area contributed by atoms with Crippen LogP contribution in [0.4, 0.5) is 0 Å². The summed E-state index contributed by atoms with van der Waals surface area (Å²) in [6, 6.07) is 17.1. The van der Waals surface area contributed by atoms with Gasteiger partial charge in [0.15, 0.2) is 0 Å². The minimum atomic E-state index is -0.516. The molecule has 1 atom stereocenters. The van der Waals surface area contributed by atoms with E-state index in [4.69, 9.17) is 15.6 Å². The van der Waals surface area contributed by atoms with Crippen molar-refractivity contribution in [2.45, 2.75) is 25.3 Å². The van der Waals surface area contributed by atoms with Crippen molar-refractivity contribution in [2.75, 3.05) is 33.7 Å². The number of hydrogen-bond donors (Lipinski definition) is 1. The Hall–Kier alpha value is -3.91. The lowest BCUT2D eigenvalue weighted by molar-refractivity contribution is -0.126. The van der Waals surface area contributed by atoms with E-state index < -0.39 is 5.91 Å². The minimum absolute atomic E-state index is 0.0364. The summed E-state index contributed by atoms with van der Waals surface area (Å²) in [4.78, 5) is 28.7. The zero-order valence-corrected chi connectivity index (χ0v) is 20.8. The van der Waals surface area contributed by atoms with Crippen molar-refractivity contribution in [2.24, 2.45) is 5.73 Å². The quantitative estimate of drug-likeness (QED) is 0.483. The summed E-state index contributed by atoms with van der Waals surface area (Å²) in [6.45, 7) is 2.08. The predicted octanol–water partition coefficient (Wildman–Crippen LogP) is 4.11. The number of ether oxygens (including phenoxy) is 1. The van der Waals surface area contributed by atoms with Crippen LogP contribution in [-0.4, -0.2) is 65.1 Å². The molecule has 0 bridgehead atoms. The second-order valence-corrected chi connectivity index (χ2v) is 9.25. The largest absolute Gasteiger partial charge is 0.457 e. The van der Waals surface area contributed by atoms with Crippen molar-refractivity contribution in [3.63, 3.8) is 0 Å². The van der Waals surface area contributed by atoms with Crippen LogP contribution in [0.2, 0.25) is 0 Å². The first-order valence-electron chi connectivity index (χ1n) is 12.2. The van der Waals surface area contributed by atoms with Gasteiger partial charge in [0.05, 0.1) is 11.6 Å². The monoisotopic (exact) mass is 487 g/mol. The number of amides is 2. The zero-order valence-electron chi connectivity index (χ0n) is 20.8. The number of nitrogens with two attached hydrogens (primary N) is 1. The molecule has 1 aliphatic heterocycles. The van der Waals surface area contributed by atoms with Gasteiger partial charge in [-0.25, -0.2) is 0 Å². The Morgan fingerprint density at radius 1 is 1.06 bits per heavy atom. The SMILES string of the molecule is CN(C)C/C=C/C(=O)N1CCC[C@H](n2cc(C(N)=O)c(-c3ccc(Oc4ccccc4)cc3)n2)CC1. The molecule has 4 rings (SSSR count). The van der Waals surface area contributed by atoms with E-state index in [0.29, 0.717) is 30.1 Å². The van der Waals surface area contributed by atoms with Gasteiger partial charge in [0.25, 0.3) is 5.91 Å². The Kier molecular flexibility index (Phi) is 8.17. The molecule has 0 unspecified atom stereocenters. The van der Waals surface area contributed by atoms with Crippen LogP contribution < -0.4 is 10.5 Å². The van der Waals surface area contributed by atoms with Gasteiger partial charge >= 0.3 is 0 Å². The van der Waals surface area contributed by atoms with Gasteiger partial charge < -0.3 is 20.3 Å². The fraction of sp³-hybridized carbons (Fsp3) is 0.321. The number of nitrogens with zero attached hydrogens (tertiary/aromatic N) is 4. The lowest BCUT2D eigenvalue weighted by Crippen LogP contribution is -2.30. The van der Waals surface area contributed by atoms with Crippen LogP contribution in [0.25, 0.3) is 11.3 Å². The van der Waals surface area contributed by atoms with Crippen molar-refractivity contribution < 1.29 is 14.3 Å². The van der Waals surface area contributed by atoms with Crippen LogP contribution in [0.1, 0.15) is 35.7 Å². The minimum Gasteiger partial charge on any atom is -0.457 e. The number of likely N-dealkylation sites (tertiary alicyclic amines) is 1. The van der Waals surface area contributed by atoms with Crippen LogP contribution in [0.15, 0.2) is 72.9 Å². The summed E-state index contributed by atoms with van der Waals surface area (Å²) in [5.41, 5.74) is 7.44. The number of hydrogen-bond acceptors (Lipinski definition) is 5. The fourth-order valence-electron chi connectivity index (χ4n) is 4.31. The second kappa shape index (κ2) is 11.7. The molecule has 188 valence electrons. The van der Waals surface area contributed by atoms with Gasteiger partial charge in [0.1, 0.15) is 17.2 Å². The maximum absolute atomic E-state index is 12.6. The molecule has 1 saturated heterocycles. The maximum atomic E-state index is 12.6. The van der Waals surface area contributed by atoms with Gasteiger partial charge in [0, 0.05) is 37.5 Å². The van der Waals surface area contributed by atoms with Gasteiger partial charge in [-0.15, -0.1) is 0 Å². The topological polar surface area (TPSA) is 93.7 Å². The van der Waals surface area contributed by atoms with E-state index in [1.807, 2.05) is 89.3 Å². The summed E-state index contributed by atoms with van der Waals surface area (Å²) in [6.07, 6.45) is 7.78. The van der Waals surface area contributed by atoms with E-state index in [2.05, 4.69) is 0 Å². The van der Waals surface area contributed by atoms with Crippen molar-refractivity contribution >= 4 is 11.8 Å². The molecule has 2 N–H and O–H groups in total. The van der Waals surface area contributed by atoms with E-state index >= 15 is 0 Å². The molecule has 0 spiro atoms. The van der Waals surface area contributed by atoms with Gasteiger partial charge in [0.2, 0.25) is 5.91 Å². The number of rotatable bonds is 8. The molecule has 3 aromatic rings. The summed E-state index contributed by atoms with van der Waals surface area (Å²) < 4.78 is 7.72. The number of carbonyl (C=O) groups is 2. The maximum Gasteiger partial charge on any atom is 0.252 e. The smallest absolute Gasteiger partial charge is 0.252 e. The molecule has 8 nitrogen and oxygen atoms in total. The third kappa shape index (κ3) is 6.40. The number of carbonyl (C=O) groups excluding carboxylic acids is 2. The lowest BCUT2D eigenvalue weighted by atomic mass is 10.1. The first-order valence-corrected chi connectivity index (χ1v) is 12.2.